The van der Waals surface area contributed by atoms with Gasteiger partial charge in [-0.3, -0.25) is 14.2 Å². The second-order valence-electron chi connectivity index (χ2n) is 8.35. The maximum Gasteiger partial charge on any atom is 0.273 e. The molecule has 1 atom stereocenters. The van der Waals surface area contributed by atoms with Gasteiger partial charge in [0, 0.05) is 18.8 Å². The van der Waals surface area contributed by atoms with Crippen molar-refractivity contribution >= 4 is 38.4 Å². The molecule has 7 nitrogen and oxygen atoms in total. The summed E-state index contributed by atoms with van der Waals surface area (Å²) in [6, 6.07) is 7.76. The van der Waals surface area contributed by atoms with Crippen LogP contribution in [0.2, 0.25) is 0 Å². The number of carbonyl (C=O) groups is 1. The van der Waals surface area contributed by atoms with Crippen molar-refractivity contribution in [1.29, 1.82) is 0 Å². The van der Waals surface area contributed by atoms with Gasteiger partial charge in [-0.05, 0) is 42.4 Å². The van der Waals surface area contributed by atoms with E-state index < -0.39 is 0 Å². The normalized spacial score (nSPS) is 16.9. The van der Waals surface area contributed by atoms with Gasteiger partial charge in [-0.15, -0.1) is 0 Å². The van der Waals surface area contributed by atoms with Crippen LogP contribution in [0.15, 0.2) is 35.4 Å². The number of fused-ring (bicyclic) bond motifs is 1. The van der Waals surface area contributed by atoms with Crippen LogP contribution in [0, 0.1) is 5.92 Å². The highest BCUT2D eigenvalue weighted by molar-refractivity contribution is 7.22. The summed E-state index contributed by atoms with van der Waals surface area (Å²) in [6.45, 7) is 8.31. The molecule has 0 aliphatic carbocycles. The van der Waals surface area contributed by atoms with E-state index in [1.807, 2.05) is 24.3 Å². The minimum absolute atomic E-state index is 0.0817. The van der Waals surface area contributed by atoms with Crippen molar-refractivity contribution in [2.24, 2.45) is 5.92 Å². The summed E-state index contributed by atoms with van der Waals surface area (Å²) >= 11 is 1.37. The number of nitrogens with one attached hydrogen (secondary N) is 1. The Morgan fingerprint density at radius 1 is 1.30 bits per heavy atom. The van der Waals surface area contributed by atoms with E-state index in [-0.39, 0.29) is 18.0 Å². The van der Waals surface area contributed by atoms with Crippen LogP contribution in [0.25, 0.3) is 10.3 Å². The van der Waals surface area contributed by atoms with Crippen molar-refractivity contribution < 1.29 is 4.79 Å². The fourth-order valence-corrected chi connectivity index (χ4v) is 4.76. The number of hydrogen-bond donors (Lipinski definition) is 1. The summed E-state index contributed by atoms with van der Waals surface area (Å²) in [5, 5.41) is 3.69. The van der Waals surface area contributed by atoms with E-state index in [1.165, 1.54) is 34.2 Å². The van der Waals surface area contributed by atoms with Gasteiger partial charge in [-0.25, -0.2) is 4.98 Å². The Hall–Kier alpha value is -2.74. The van der Waals surface area contributed by atoms with Crippen molar-refractivity contribution in [1.82, 2.24) is 14.5 Å². The Morgan fingerprint density at radius 2 is 2.07 bits per heavy atom. The molecule has 1 amide bonds. The second kappa shape index (κ2) is 8.55. The SMILES string of the molecule is CC(C)c1ccc(NC(=O)Cn2cnc3nc(N4CCC[C@@H](C)C4)sc3c2=O)cc1. The molecular weight excluding hydrogens is 398 g/mol. The van der Waals surface area contributed by atoms with Gasteiger partial charge in [0.05, 0.1) is 0 Å². The minimum atomic E-state index is -0.259. The molecule has 3 aromatic rings. The Morgan fingerprint density at radius 3 is 2.77 bits per heavy atom. The molecule has 0 spiro atoms. The van der Waals surface area contributed by atoms with E-state index in [1.54, 1.807) is 0 Å². The maximum atomic E-state index is 12.9. The molecule has 1 aliphatic heterocycles. The molecule has 1 fully saturated rings. The van der Waals surface area contributed by atoms with Crippen molar-refractivity contribution in [2.75, 3.05) is 23.3 Å². The van der Waals surface area contributed by atoms with Crippen LogP contribution in [-0.2, 0) is 11.3 Å². The van der Waals surface area contributed by atoms with E-state index in [4.69, 9.17) is 0 Å². The zero-order valence-electron chi connectivity index (χ0n) is 17.6. The highest BCUT2D eigenvalue weighted by atomic mass is 32.1. The average molecular weight is 426 g/mol. The number of thiazole rings is 1. The van der Waals surface area contributed by atoms with Crippen LogP contribution in [0.1, 0.15) is 45.1 Å². The summed E-state index contributed by atoms with van der Waals surface area (Å²) in [6.07, 6.45) is 3.77. The molecule has 30 heavy (non-hydrogen) atoms. The summed E-state index contributed by atoms with van der Waals surface area (Å²) in [5.41, 5.74) is 2.16. The number of amides is 1. The minimum Gasteiger partial charge on any atom is -0.348 e. The number of nitrogens with zero attached hydrogens (tertiary/aromatic N) is 4. The fourth-order valence-electron chi connectivity index (χ4n) is 3.75. The molecule has 0 radical (unpaired) electrons. The maximum absolute atomic E-state index is 12.9. The van der Waals surface area contributed by atoms with Gasteiger partial charge in [0.15, 0.2) is 10.8 Å². The molecule has 1 aliphatic rings. The summed E-state index contributed by atoms with van der Waals surface area (Å²) in [5.74, 6) is 0.794. The summed E-state index contributed by atoms with van der Waals surface area (Å²) in [4.78, 5) is 36.5. The standard InChI is InChI=1S/C22H27N5O2S/c1-14(2)16-6-8-17(9-7-16)24-18(28)12-27-13-23-20-19(21(27)29)30-22(25-20)26-10-4-5-15(3)11-26/h6-9,13-15H,4-5,10-12H2,1-3H3,(H,24,28)/t15-/m1/s1. The number of anilines is 2. The van der Waals surface area contributed by atoms with Crippen molar-refractivity contribution in [3.63, 3.8) is 0 Å². The lowest BCUT2D eigenvalue weighted by Crippen LogP contribution is -2.34. The lowest BCUT2D eigenvalue weighted by atomic mass is 10.0. The third kappa shape index (κ3) is 4.38. The Labute approximate surface area is 179 Å². The van der Waals surface area contributed by atoms with Crippen LogP contribution in [0.3, 0.4) is 0 Å². The van der Waals surface area contributed by atoms with Gasteiger partial charge in [0.25, 0.3) is 5.56 Å². The van der Waals surface area contributed by atoms with E-state index in [0.717, 1.165) is 24.6 Å². The lowest BCUT2D eigenvalue weighted by molar-refractivity contribution is -0.116. The van der Waals surface area contributed by atoms with E-state index >= 15 is 0 Å². The highest BCUT2D eigenvalue weighted by Gasteiger charge is 2.21. The molecule has 0 bridgehead atoms. The predicted octanol–water partition coefficient (Wildman–Crippen LogP) is 3.85. The van der Waals surface area contributed by atoms with E-state index in [2.05, 4.69) is 41.0 Å². The van der Waals surface area contributed by atoms with Crippen LogP contribution < -0.4 is 15.8 Å². The van der Waals surface area contributed by atoms with Gasteiger partial charge >= 0.3 is 0 Å². The summed E-state index contributed by atoms with van der Waals surface area (Å²) in [7, 11) is 0. The van der Waals surface area contributed by atoms with Gasteiger partial charge < -0.3 is 10.2 Å². The molecule has 1 aromatic carbocycles. The molecular formula is C22H27N5O2S. The Balaban J connectivity index is 1.49. The molecule has 8 heteroatoms. The van der Waals surface area contributed by atoms with Crippen LogP contribution in [0.5, 0.6) is 0 Å². The molecule has 1 saturated heterocycles. The van der Waals surface area contributed by atoms with Gasteiger partial charge in [-0.1, -0.05) is 44.2 Å². The van der Waals surface area contributed by atoms with Crippen LogP contribution in [-0.4, -0.2) is 33.5 Å². The zero-order chi connectivity index (χ0) is 21.3. The number of rotatable bonds is 5. The zero-order valence-corrected chi connectivity index (χ0v) is 18.4. The average Bonchev–Trinajstić information content (AvgIpc) is 3.16. The van der Waals surface area contributed by atoms with E-state index in [9.17, 15) is 9.59 Å². The van der Waals surface area contributed by atoms with Gasteiger partial charge in [-0.2, -0.15) is 4.98 Å². The number of aromatic nitrogens is 3. The molecule has 4 rings (SSSR count). The molecule has 0 unspecified atom stereocenters. The first-order valence-electron chi connectivity index (χ1n) is 10.4. The lowest BCUT2D eigenvalue weighted by Gasteiger charge is -2.30. The largest absolute Gasteiger partial charge is 0.348 e. The van der Waals surface area contributed by atoms with Gasteiger partial charge in [0.1, 0.15) is 17.6 Å². The number of piperidine rings is 1. The summed E-state index contributed by atoms with van der Waals surface area (Å²) < 4.78 is 1.85. The molecule has 158 valence electrons. The third-order valence-electron chi connectivity index (χ3n) is 5.48. The Bertz CT molecular complexity index is 1100. The smallest absolute Gasteiger partial charge is 0.273 e. The predicted molar refractivity (Wildman–Crippen MR) is 121 cm³/mol. The molecule has 3 heterocycles. The molecule has 2 aromatic heterocycles. The molecule has 0 saturated carbocycles. The first kappa shape index (κ1) is 20.5. The van der Waals surface area contributed by atoms with Crippen LogP contribution >= 0.6 is 11.3 Å². The second-order valence-corrected chi connectivity index (χ2v) is 9.32. The first-order chi connectivity index (χ1) is 14.4. The number of hydrogen-bond acceptors (Lipinski definition) is 6. The van der Waals surface area contributed by atoms with Crippen molar-refractivity contribution in [2.45, 2.75) is 46.1 Å². The number of benzene rings is 1. The van der Waals surface area contributed by atoms with Crippen molar-refractivity contribution in [3.05, 3.63) is 46.5 Å². The molecule has 1 N–H and O–H groups in total. The monoisotopic (exact) mass is 425 g/mol. The highest BCUT2D eigenvalue weighted by Crippen LogP contribution is 2.29. The topological polar surface area (TPSA) is 80.1 Å². The van der Waals surface area contributed by atoms with Crippen LogP contribution in [0.4, 0.5) is 10.8 Å². The third-order valence-corrected chi connectivity index (χ3v) is 6.57. The van der Waals surface area contributed by atoms with Gasteiger partial charge in [0.2, 0.25) is 5.91 Å². The quantitative estimate of drug-likeness (QED) is 0.672. The first-order valence-corrected chi connectivity index (χ1v) is 11.2. The number of carbonyl (C=O) groups excluding carboxylic acids is 1. The fraction of sp³-hybridized carbons (Fsp3) is 0.455. The Kier molecular flexibility index (Phi) is 5.85. The van der Waals surface area contributed by atoms with Crippen molar-refractivity contribution in [3.8, 4) is 0 Å². The van der Waals surface area contributed by atoms with E-state index in [0.29, 0.717) is 27.9 Å².